The quantitative estimate of drug-likeness (QED) is 0.436. The van der Waals surface area contributed by atoms with Crippen molar-refractivity contribution >= 4 is 33.3 Å². The van der Waals surface area contributed by atoms with E-state index in [0.29, 0.717) is 28.4 Å². The molecule has 0 bridgehead atoms. The highest BCUT2D eigenvalue weighted by Gasteiger charge is 2.46. The summed E-state index contributed by atoms with van der Waals surface area (Å²) in [6.45, 7) is 6.00. The Hall–Kier alpha value is -3.39. The minimum Gasteiger partial charge on any atom is -0.450 e. The molecule has 6 nitrogen and oxygen atoms in total. The molecule has 0 saturated carbocycles. The van der Waals surface area contributed by atoms with E-state index in [9.17, 15) is 14.0 Å². The fourth-order valence-corrected chi connectivity index (χ4v) is 5.13. The van der Waals surface area contributed by atoms with Gasteiger partial charge in [0.25, 0.3) is 5.91 Å². The van der Waals surface area contributed by atoms with Gasteiger partial charge < -0.3 is 4.42 Å². The first kappa shape index (κ1) is 20.5. The number of hydrogen-bond acceptors (Lipinski definition) is 6. The van der Waals surface area contributed by atoms with Crippen molar-refractivity contribution in [3.63, 3.8) is 0 Å². The number of anilines is 1. The molecule has 0 spiro atoms. The first-order chi connectivity index (χ1) is 15.3. The van der Waals surface area contributed by atoms with Crippen molar-refractivity contribution in [3.05, 3.63) is 86.0 Å². The first-order valence-corrected chi connectivity index (χ1v) is 11.1. The molecule has 0 unspecified atom stereocenters. The van der Waals surface area contributed by atoms with E-state index in [4.69, 9.17) is 4.42 Å². The van der Waals surface area contributed by atoms with E-state index in [-0.39, 0.29) is 22.3 Å². The largest absolute Gasteiger partial charge is 0.450 e. The van der Waals surface area contributed by atoms with E-state index >= 15 is 0 Å². The minimum absolute atomic E-state index is 0.0831. The van der Waals surface area contributed by atoms with Crippen LogP contribution in [0.1, 0.15) is 52.1 Å². The monoisotopic (exact) mass is 449 g/mol. The number of carbonyl (C=O) groups is 1. The van der Waals surface area contributed by atoms with Crippen LogP contribution in [-0.4, -0.2) is 16.1 Å². The third-order valence-corrected chi connectivity index (χ3v) is 6.42. The van der Waals surface area contributed by atoms with Crippen LogP contribution < -0.4 is 10.3 Å². The normalized spacial score (nSPS) is 15.7. The average molecular weight is 450 g/mol. The fraction of sp³-hybridized carbons (Fsp3) is 0.250. The van der Waals surface area contributed by atoms with Gasteiger partial charge in [0.15, 0.2) is 5.43 Å². The van der Waals surface area contributed by atoms with Crippen LogP contribution in [-0.2, 0) is 6.42 Å². The van der Waals surface area contributed by atoms with Crippen molar-refractivity contribution < 1.29 is 13.6 Å². The number of aromatic nitrogens is 2. The first-order valence-electron chi connectivity index (χ1n) is 10.3. The average Bonchev–Trinajstić information content (AvgIpc) is 3.31. The highest BCUT2D eigenvalue weighted by molar-refractivity contribution is 7.15. The lowest BCUT2D eigenvalue weighted by Gasteiger charge is -2.22. The molecule has 4 aromatic rings. The van der Waals surface area contributed by atoms with Crippen LogP contribution in [0.2, 0.25) is 0 Å². The summed E-state index contributed by atoms with van der Waals surface area (Å²) in [6, 6.07) is 10.4. The zero-order valence-corrected chi connectivity index (χ0v) is 18.6. The van der Waals surface area contributed by atoms with Gasteiger partial charge in [0.05, 0.1) is 10.9 Å². The Balaban J connectivity index is 1.76. The number of carbonyl (C=O) groups excluding carboxylic acids is 1. The van der Waals surface area contributed by atoms with E-state index < -0.39 is 17.8 Å². The van der Waals surface area contributed by atoms with Crippen LogP contribution in [0.4, 0.5) is 9.52 Å². The minimum atomic E-state index is -0.986. The second-order valence-electron chi connectivity index (χ2n) is 8.35. The van der Waals surface area contributed by atoms with Crippen LogP contribution in [0.3, 0.4) is 0 Å². The van der Waals surface area contributed by atoms with Crippen molar-refractivity contribution in [1.29, 1.82) is 0 Å². The summed E-state index contributed by atoms with van der Waals surface area (Å²) in [5, 5.41) is 9.86. The van der Waals surface area contributed by atoms with Gasteiger partial charge in [-0.3, -0.25) is 14.5 Å². The Bertz CT molecular complexity index is 1430. The highest BCUT2D eigenvalue weighted by atomic mass is 32.1. The number of nitrogens with zero attached hydrogens (tertiary/aromatic N) is 3. The predicted octanol–water partition coefficient (Wildman–Crippen LogP) is 5.04. The standard InChI is InChI=1S/C24H20FN3O3S/c1-12(2)10-18-26-27-24(32-18)28-20(14-6-4-5-7-16(14)25)19-21(29)15-11-13(3)8-9-17(15)31-22(19)23(28)30/h4-9,11-12,20H,10H2,1-3H3/t20-/m1/s1. The number of amides is 1. The van der Waals surface area contributed by atoms with Crippen molar-refractivity contribution in [2.24, 2.45) is 5.92 Å². The predicted molar refractivity (Wildman–Crippen MR) is 121 cm³/mol. The molecule has 1 aliphatic rings. The molecule has 0 saturated heterocycles. The summed E-state index contributed by atoms with van der Waals surface area (Å²) < 4.78 is 20.8. The summed E-state index contributed by atoms with van der Waals surface area (Å²) in [7, 11) is 0. The number of rotatable bonds is 4. The van der Waals surface area contributed by atoms with E-state index in [1.54, 1.807) is 30.3 Å². The van der Waals surface area contributed by atoms with Gasteiger partial charge >= 0.3 is 0 Å². The van der Waals surface area contributed by atoms with Crippen molar-refractivity contribution in [2.45, 2.75) is 33.2 Å². The maximum absolute atomic E-state index is 14.9. The van der Waals surface area contributed by atoms with E-state index in [0.717, 1.165) is 10.6 Å². The molecular formula is C24H20FN3O3S. The Morgan fingerprint density at radius 3 is 2.69 bits per heavy atom. The van der Waals surface area contributed by atoms with Crippen molar-refractivity contribution in [2.75, 3.05) is 4.90 Å². The molecular weight excluding hydrogens is 429 g/mol. The Morgan fingerprint density at radius 2 is 1.94 bits per heavy atom. The van der Waals surface area contributed by atoms with Crippen LogP contribution >= 0.6 is 11.3 Å². The van der Waals surface area contributed by atoms with E-state index in [1.807, 2.05) is 13.0 Å². The molecule has 0 radical (unpaired) electrons. The lowest BCUT2D eigenvalue weighted by atomic mass is 9.98. The lowest BCUT2D eigenvalue weighted by Crippen LogP contribution is -2.30. The molecule has 5 rings (SSSR count). The van der Waals surface area contributed by atoms with Gasteiger partial charge in [-0.1, -0.05) is 55.0 Å². The molecule has 0 N–H and O–H groups in total. The molecule has 8 heteroatoms. The zero-order valence-electron chi connectivity index (χ0n) is 17.8. The molecule has 1 amide bonds. The molecule has 1 aliphatic heterocycles. The molecule has 32 heavy (non-hydrogen) atoms. The van der Waals surface area contributed by atoms with Gasteiger partial charge in [0, 0.05) is 12.0 Å². The number of hydrogen-bond donors (Lipinski definition) is 0. The molecule has 162 valence electrons. The number of benzene rings is 2. The van der Waals surface area contributed by atoms with Gasteiger partial charge in [-0.15, -0.1) is 10.2 Å². The second-order valence-corrected chi connectivity index (χ2v) is 9.39. The lowest BCUT2D eigenvalue weighted by molar-refractivity contribution is 0.0970. The topological polar surface area (TPSA) is 76.3 Å². The second kappa shape index (κ2) is 7.63. The summed E-state index contributed by atoms with van der Waals surface area (Å²) in [4.78, 5) is 28.4. The van der Waals surface area contributed by atoms with E-state index in [2.05, 4.69) is 24.0 Å². The summed E-state index contributed by atoms with van der Waals surface area (Å²) in [5.41, 5.74) is 1.19. The van der Waals surface area contributed by atoms with Crippen LogP contribution in [0, 0.1) is 18.7 Å². The molecule has 1 atom stereocenters. The number of fused-ring (bicyclic) bond motifs is 2. The Labute approximate surface area is 187 Å². The van der Waals surface area contributed by atoms with Crippen LogP contribution in [0.15, 0.2) is 51.7 Å². The Kier molecular flexibility index (Phi) is 4.89. The van der Waals surface area contributed by atoms with Gasteiger partial charge in [-0.05, 0) is 31.0 Å². The summed E-state index contributed by atoms with van der Waals surface area (Å²) in [6.07, 6.45) is 0.706. The molecule has 2 aromatic heterocycles. The highest BCUT2D eigenvalue weighted by Crippen LogP contribution is 2.42. The van der Waals surface area contributed by atoms with Gasteiger partial charge in [-0.25, -0.2) is 4.39 Å². The molecule has 2 aromatic carbocycles. The zero-order chi connectivity index (χ0) is 22.6. The van der Waals surface area contributed by atoms with Gasteiger partial charge in [0.2, 0.25) is 10.9 Å². The third kappa shape index (κ3) is 3.22. The SMILES string of the molecule is Cc1ccc2oc3c(c(=O)c2c1)[C@@H](c1ccccc1F)N(c1nnc(CC(C)C)s1)C3=O. The third-order valence-electron chi connectivity index (χ3n) is 5.47. The van der Waals surface area contributed by atoms with Crippen molar-refractivity contribution in [1.82, 2.24) is 10.2 Å². The maximum atomic E-state index is 14.9. The number of halogens is 1. The fourth-order valence-electron chi connectivity index (χ4n) is 4.05. The summed E-state index contributed by atoms with van der Waals surface area (Å²) in [5.74, 6) is -0.763. The summed E-state index contributed by atoms with van der Waals surface area (Å²) >= 11 is 1.27. The molecule has 0 fully saturated rings. The van der Waals surface area contributed by atoms with Gasteiger partial charge in [0.1, 0.15) is 22.4 Å². The Morgan fingerprint density at radius 1 is 1.16 bits per heavy atom. The molecule has 3 heterocycles. The smallest absolute Gasteiger partial charge is 0.297 e. The van der Waals surface area contributed by atoms with Crippen LogP contribution in [0.25, 0.3) is 11.0 Å². The van der Waals surface area contributed by atoms with Crippen molar-refractivity contribution in [3.8, 4) is 0 Å². The van der Waals surface area contributed by atoms with Crippen LogP contribution in [0.5, 0.6) is 0 Å². The molecule has 0 aliphatic carbocycles. The maximum Gasteiger partial charge on any atom is 0.297 e. The number of aryl methyl sites for hydroxylation is 1. The van der Waals surface area contributed by atoms with E-state index in [1.165, 1.54) is 22.3 Å². The van der Waals surface area contributed by atoms with Gasteiger partial charge in [-0.2, -0.15) is 0 Å².